The quantitative estimate of drug-likeness (QED) is 0.0874. The van der Waals surface area contributed by atoms with Crippen molar-refractivity contribution in [2.45, 2.75) is 20.0 Å². The molecule has 7 aromatic rings. The minimum absolute atomic E-state index is 0.0460. The molecule has 10 nitrogen and oxygen atoms in total. The van der Waals surface area contributed by atoms with Gasteiger partial charge in [0.25, 0.3) is 5.91 Å². The molecule has 0 spiro atoms. The lowest BCUT2D eigenvalue weighted by Crippen LogP contribution is -2.31. The van der Waals surface area contributed by atoms with Crippen molar-refractivity contribution in [3.05, 3.63) is 185 Å². The second-order valence-corrected chi connectivity index (χ2v) is 13.8. The second kappa shape index (κ2) is 16.6. The first-order chi connectivity index (χ1) is 25.9. The van der Waals surface area contributed by atoms with Crippen LogP contribution in [0.1, 0.15) is 43.2 Å². The molecule has 272 valence electrons. The van der Waals surface area contributed by atoms with E-state index in [9.17, 15) is 23.6 Å². The Morgan fingerprint density at radius 1 is 0.722 bits per heavy atom. The number of nitrogens with zero attached hydrogens (tertiary/aromatic N) is 5. The minimum atomic E-state index is -0.491. The molecule has 0 aliphatic heterocycles. The van der Waals surface area contributed by atoms with Crippen LogP contribution in [0.2, 0.25) is 0 Å². The fraction of sp³-hybridized carbons (Fsp3) is 0.122. The van der Waals surface area contributed by atoms with E-state index in [0.717, 1.165) is 26.6 Å². The molecular formula is C41H32Br2FN5O5. The highest BCUT2D eigenvalue weighted by Crippen LogP contribution is 2.19. The summed E-state index contributed by atoms with van der Waals surface area (Å²) in [5.74, 6) is -1.31. The topological polar surface area (TPSA) is 116 Å². The number of hydrogen-bond donors (Lipinski definition) is 0. The number of hydroxylamine groups is 2. The van der Waals surface area contributed by atoms with Crippen LogP contribution in [0, 0.1) is 12.7 Å². The van der Waals surface area contributed by atoms with E-state index in [0.29, 0.717) is 39.5 Å². The predicted octanol–water partition coefficient (Wildman–Crippen LogP) is 7.73. The lowest BCUT2D eigenvalue weighted by Gasteiger charge is -2.16. The van der Waals surface area contributed by atoms with Crippen molar-refractivity contribution in [1.82, 2.24) is 24.2 Å². The summed E-state index contributed by atoms with van der Waals surface area (Å²) in [6.07, 6.45) is 3.12. The maximum atomic E-state index is 13.6. The first-order valence-electron chi connectivity index (χ1n) is 16.6. The average Bonchev–Trinajstić information content (AvgIpc) is 3.17. The van der Waals surface area contributed by atoms with Crippen molar-refractivity contribution in [3.63, 3.8) is 0 Å². The number of hydrogen-bond acceptors (Lipinski definition) is 7. The maximum Gasteiger partial charge on any atom is 0.282 e. The molecule has 0 N–H and O–H groups in total. The van der Waals surface area contributed by atoms with Crippen molar-refractivity contribution >= 4 is 65.4 Å². The molecule has 7 rings (SSSR count). The SMILES string of the molecule is CON(C)C(=O)c1cn(Cc2cccc(Br)n2)c2ccccc2c1=O.Cc1cc(C(=O)c2cn(Cc3cccc(Br)n3)c3ccccc3c2=O)ccc1F. The summed E-state index contributed by atoms with van der Waals surface area (Å²) >= 11 is 6.72. The van der Waals surface area contributed by atoms with Gasteiger partial charge >= 0.3 is 0 Å². The van der Waals surface area contributed by atoms with Crippen LogP contribution >= 0.6 is 31.9 Å². The van der Waals surface area contributed by atoms with Gasteiger partial charge in [0.15, 0.2) is 5.78 Å². The van der Waals surface area contributed by atoms with Crippen LogP contribution in [0.5, 0.6) is 0 Å². The van der Waals surface area contributed by atoms with Crippen molar-refractivity contribution in [2.24, 2.45) is 0 Å². The Labute approximate surface area is 325 Å². The number of pyridine rings is 4. The van der Waals surface area contributed by atoms with Crippen molar-refractivity contribution < 1.29 is 18.8 Å². The molecule has 4 aromatic heterocycles. The minimum Gasteiger partial charge on any atom is -0.340 e. The van der Waals surface area contributed by atoms with E-state index in [1.807, 2.05) is 69.8 Å². The molecule has 54 heavy (non-hydrogen) atoms. The molecular weight excluding hydrogens is 821 g/mol. The summed E-state index contributed by atoms with van der Waals surface area (Å²) in [5, 5.41) is 1.97. The van der Waals surface area contributed by atoms with E-state index in [2.05, 4.69) is 41.8 Å². The van der Waals surface area contributed by atoms with Gasteiger partial charge in [-0.2, -0.15) is 0 Å². The molecule has 0 aliphatic carbocycles. The first kappa shape index (κ1) is 38.1. The number of rotatable bonds is 8. The van der Waals surface area contributed by atoms with Gasteiger partial charge in [0.1, 0.15) is 20.6 Å². The number of aromatic nitrogens is 4. The van der Waals surface area contributed by atoms with Crippen LogP contribution in [0.4, 0.5) is 4.39 Å². The Morgan fingerprint density at radius 3 is 1.72 bits per heavy atom. The van der Waals surface area contributed by atoms with Crippen molar-refractivity contribution in [3.8, 4) is 0 Å². The third-order valence-corrected chi connectivity index (χ3v) is 9.52. The third-order valence-electron chi connectivity index (χ3n) is 8.64. The van der Waals surface area contributed by atoms with Gasteiger partial charge in [0.05, 0.1) is 48.2 Å². The Kier molecular flexibility index (Phi) is 11.7. The van der Waals surface area contributed by atoms with E-state index in [1.165, 1.54) is 32.4 Å². The number of benzene rings is 3. The Bertz CT molecular complexity index is 2680. The molecule has 0 saturated heterocycles. The summed E-state index contributed by atoms with van der Waals surface area (Å²) in [6.45, 7) is 2.41. The van der Waals surface area contributed by atoms with E-state index in [1.54, 1.807) is 43.6 Å². The fourth-order valence-corrected chi connectivity index (χ4v) is 6.65. The molecule has 3 aromatic carbocycles. The lowest BCUT2D eigenvalue weighted by molar-refractivity contribution is -0.0758. The Morgan fingerprint density at radius 2 is 1.22 bits per heavy atom. The Hall–Kier alpha value is -5.63. The summed E-state index contributed by atoms with van der Waals surface area (Å²) in [4.78, 5) is 65.1. The standard InChI is InChI=1S/C23H16BrFN2O2.C18H16BrN3O3/c1-14-11-15(9-10-19(14)25)22(28)18-13-27(12-16-5-4-8-21(24)26-16)20-7-3-2-6-17(20)23(18)29;1-21(25-2)18(24)14-11-22(10-12-6-5-9-16(19)20-12)15-8-4-3-7-13(15)17(14)23/h2-11,13H,12H2,1H3;3-9,11H,10H2,1-2H3. The molecule has 0 fully saturated rings. The van der Waals surface area contributed by atoms with Gasteiger partial charge in [-0.3, -0.25) is 24.0 Å². The van der Waals surface area contributed by atoms with Crippen molar-refractivity contribution in [1.29, 1.82) is 0 Å². The lowest BCUT2D eigenvalue weighted by atomic mass is 10.0. The number of carbonyl (C=O) groups is 2. The highest BCUT2D eigenvalue weighted by Gasteiger charge is 2.20. The molecule has 0 unspecified atom stereocenters. The molecule has 0 atom stereocenters. The number of para-hydroxylation sites is 2. The predicted molar refractivity (Wildman–Crippen MR) is 212 cm³/mol. The van der Waals surface area contributed by atoms with Crippen LogP contribution in [-0.4, -0.2) is 50.0 Å². The number of carbonyl (C=O) groups excluding carboxylic acids is 2. The van der Waals surface area contributed by atoms with Gasteiger partial charge in [0, 0.05) is 35.8 Å². The summed E-state index contributed by atoms with van der Waals surface area (Å²) < 4.78 is 18.7. The van der Waals surface area contributed by atoms with Gasteiger partial charge in [-0.15, -0.1) is 0 Å². The normalized spacial score (nSPS) is 10.9. The first-order valence-corrected chi connectivity index (χ1v) is 18.1. The Balaban J connectivity index is 0.000000186. The highest BCUT2D eigenvalue weighted by molar-refractivity contribution is 9.10. The number of ketones is 1. The van der Waals surface area contributed by atoms with E-state index in [-0.39, 0.29) is 27.5 Å². The smallest absolute Gasteiger partial charge is 0.282 e. The summed E-state index contributed by atoms with van der Waals surface area (Å²) in [7, 11) is 2.85. The van der Waals surface area contributed by atoms with Crippen LogP contribution in [0.25, 0.3) is 21.8 Å². The molecule has 0 saturated carbocycles. The summed E-state index contributed by atoms with van der Waals surface area (Å²) in [6, 6.07) is 29.7. The zero-order valence-electron chi connectivity index (χ0n) is 29.3. The van der Waals surface area contributed by atoms with Gasteiger partial charge in [0.2, 0.25) is 10.9 Å². The fourth-order valence-electron chi connectivity index (χ4n) is 5.89. The second-order valence-electron chi connectivity index (χ2n) is 12.2. The van der Waals surface area contributed by atoms with Crippen LogP contribution in [0.3, 0.4) is 0 Å². The van der Waals surface area contributed by atoms with E-state index < -0.39 is 17.5 Å². The van der Waals surface area contributed by atoms with Crippen molar-refractivity contribution in [2.75, 3.05) is 14.2 Å². The van der Waals surface area contributed by atoms with Crippen LogP contribution < -0.4 is 10.9 Å². The van der Waals surface area contributed by atoms with Gasteiger partial charge in [-0.1, -0.05) is 36.4 Å². The van der Waals surface area contributed by atoms with Gasteiger partial charge in [-0.05, 0) is 111 Å². The zero-order chi connectivity index (χ0) is 38.5. The zero-order valence-corrected chi connectivity index (χ0v) is 32.5. The number of halogens is 3. The van der Waals surface area contributed by atoms with Crippen LogP contribution in [0.15, 0.2) is 134 Å². The largest absolute Gasteiger partial charge is 0.340 e. The van der Waals surface area contributed by atoms with E-state index >= 15 is 0 Å². The molecule has 13 heteroatoms. The number of fused-ring (bicyclic) bond motifs is 2. The molecule has 0 radical (unpaired) electrons. The molecule has 1 amide bonds. The molecule has 0 aliphatic rings. The third kappa shape index (κ3) is 8.28. The van der Waals surface area contributed by atoms with Gasteiger partial charge in [-0.25, -0.2) is 19.4 Å². The van der Waals surface area contributed by atoms with Gasteiger partial charge < -0.3 is 9.13 Å². The number of aryl methyl sites for hydroxylation is 1. The number of amides is 1. The molecule has 0 bridgehead atoms. The summed E-state index contributed by atoms with van der Waals surface area (Å²) in [5.41, 5.74) is 3.12. The van der Waals surface area contributed by atoms with E-state index in [4.69, 9.17) is 4.84 Å². The van der Waals surface area contributed by atoms with Crippen LogP contribution in [-0.2, 0) is 17.9 Å². The molecule has 4 heterocycles. The highest BCUT2D eigenvalue weighted by atomic mass is 79.9. The monoisotopic (exact) mass is 851 g/mol. The maximum absolute atomic E-state index is 13.6. The average molecular weight is 854 g/mol.